The van der Waals surface area contributed by atoms with Gasteiger partial charge >= 0.3 is 18.0 Å². The van der Waals surface area contributed by atoms with E-state index in [9.17, 15) is 14.4 Å². The lowest BCUT2D eigenvalue weighted by molar-refractivity contribution is -0.144. The second-order valence-corrected chi connectivity index (χ2v) is 4.75. The zero-order valence-corrected chi connectivity index (χ0v) is 13.2. The van der Waals surface area contributed by atoms with Crippen LogP contribution in [0.1, 0.15) is 24.8 Å². The number of nitrogens with one attached hydrogen (secondary N) is 1. The lowest BCUT2D eigenvalue weighted by atomic mass is 10.1. The van der Waals surface area contributed by atoms with E-state index in [2.05, 4.69) is 14.8 Å². The Morgan fingerprint density at radius 1 is 1.09 bits per heavy atom. The number of hydrogen-bond donors (Lipinski definition) is 1. The molecule has 0 aliphatic heterocycles. The van der Waals surface area contributed by atoms with Gasteiger partial charge in [0.15, 0.2) is 0 Å². The van der Waals surface area contributed by atoms with Gasteiger partial charge in [0.1, 0.15) is 12.6 Å². The number of rotatable bonds is 8. The summed E-state index contributed by atoms with van der Waals surface area (Å²) in [5.41, 5.74) is 0.836. The van der Waals surface area contributed by atoms with Gasteiger partial charge in [-0.3, -0.25) is 4.79 Å². The lowest BCUT2D eigenvalue weighted by Gasteiger charge is -2.16. The standard InChI is InChI=1S/C16H21NO6/c1-21-14(18)10-6-9-13(15(19)22-2)17-16(20)23-11-12-7-4-3-5-8-12/h3-5,7-8,13H,6,9-11H2,1-2H3,(H,17,20). The highest BCUT2D eigenvalue weighted by Crippen LogP contribution is 2.06. The van der Waals surface area contributed by atoms with Crippen LogP contribution >= 0.6 is 0 Å². The topological polar surface area (TPSA) is 90.9 Å². The van der Waals surface area contributed by atoms with Gasteiger partial charge in [-0.25, -0.2) is 9.59 Å². The molecule has 1 atom stereocenters. The van der Waals surface area contributed by atoms with Gasteiger partial charge in [0.05, 0.1) is 14.2 Å². The Balaban J connectivity index is 2.44. The van der Waals surface area contributed by atoms with E-state index in [1.165, 1.54) is 14.2 Å². The third kappa shape index (κ3) is 7.30. The molecule has 0 saturated carbocycles. The molecule has 1 amide bonds. The summed E-state index contributed by atoms with van der Waals surface area (Å²) in [5.74, 6) is -0.966. The normalized spacial score (nSPS) is 11.2. The summed E-state index contributed by atoms with van der Waals surface area (Å²) in [6.07, 6.45) is 0.0700. The number of amides is 1. The first-order chi connectivity index (χ1) is 11.1. The van der Waals surface area contributed by atoms with Crippen LogP contribution in [0.2, 0.25) is 0 Å². The van der Waals surface area contributed by atoms with Gasteiger partial charge in [0.2, 0.25) is 0 Å². The molecule has 1 rings (SSSR count). The first-order valence-electron chi connectivity index (χ1n) is 7.18. The average Bonchev–Trinajstić information content (AvgIpc) is 2.59. The van der Waals surface area contributed by atoms with E-state index >= 15 is 0 Å². The van der Waals surface area contributed by atoms with E-state index in [0.29, 0.717) is 6.42 Å². The van der Waals surface area contributed by atoms with Crippen LogP contribution < -0.4 is 5.32 Å². The molecule has 0 saturated heterocycles. The minimum atomic E-state index is -0.868. The number of hydrogen-bond acceptors (Lipinski definition) is 6. The first kappa shape index (κ1) is 18.5. The van der Waals surface area contributed by atoms with Gasteiger partial charge in [0.25, 0.3) is 0 Å². The van der Waals surface area contributed by atoms with Crippen molar-refractivity contribution in [2.24, 2.45) is 0 Å². The van der Waals surface area contributed by atoms with Crippen molar-refractivity contribution >= 4 is 18.0 Å². The molecule has 1 unspecified atom stereocenters. The molecule has 1 aromatic carbocycles. The molecule has 0 aliphatic carbocycles. The minimum absolute atomic E-state index is 0.0999. The third-order valence-corrected chi connectivity index (χ3v) is 3.09. The summed E-state index contributed by atoms with van der Waals surface area (Å²) >= 11 is 0. The van der Waals surface area contributed by atoms with E-state index in [1.54, 1.807) is 0 Å². The number of carbonyl (C=O) groups is 3. The zero-order chi connectivity index (χ0) is 17.1. The van der Waals surface area contributed by atoms with Crippen molar-refractivity contribution < 1.29 is 28.6 Å². The van der Waals surface area contributed by atoms with E-state index in [0.717, 1.165) is 5.56 Å². The average molecular weight is 323 g/mol. The fraction of sp³-hybridized carbons (Fsp3) is 0.438. The number of benzene rings is 1. The molecule has 0 bridgehead atoms. The van der Waals surface area contributed by atoms with Crippen molar-refractivity contribution in [2.45, 2.75) is 31.9 Å². The molecule has 7 heteroatoms. The predicted octanol–water partition coefficient (Wildman–Crippen LogP) is 1.80. The number of alkyl carbamates (subject to hydrolysis) is 1. The molecule has 0 aromatic heterocycles. The van der Waals surface area contributed by atoms with Gasteiger partial charge in [-0.2, -0.15) is 0 Å². The van der Waals surface area contributed by atoms with Gasteiger partial charge in [0, 0.05) is 6.42 Å². The molecule has 126 valence electrons. The van der Waals surface area contributed by atoms with Crippen molar-refractivity contribution in [3.05, 3.63) is 35.9 Å². The van der Waals surface area contributed by atoms with Gasteiger partial charge in [-0.05, 0) is 18.4 Å². The quantitative estimate of drug-likeness (QED) is 0.579. The van der Waals surface area contributed by atoms with Gasteiger partial charge in [-0.1, -0.05) is 30.3 Å². The number of ether oxygens (including phenoxy) is 3. The van der Waals surface area contributed by atoms with E-state index < -0.39 is 18.1 Å². The van der Waals surface area contributed by atoms with Crippen LogP contribution in [0.3, 0.4) is 0 Å². The Bertz CT molecular complexity index is 517. The van der Waals surface area contributed by atoms with Crippen LogP contribution in [-0.2, 0) is 30.4 Å². The van der Waals surface area contributed by atoms with E-state index in [1.807, 2.05) is 30.3 Å². The monoisotopic (exact) mass is 323 g/mol. The van der Waals surface area contributed by atoms with Gasteiger partial charge in [-0.15, -0.1) is 0 Å². The fourth-order valence-corrected chi connectivity index (χ4v) is 1.85. The van der Waals surface area contributed by atoms with Crippen molar-refractivity contribution in [1.82, 2.24) is 5.32 Å². The maximum absolute atomic E-state index is 11.8. The van der Waals surface area contributed by atoms with E-state index in [-0.39, 0.29) is 25.4 Å². The summed E-state index contributed by atoms with van der Waals surface area (Å²) < 4.78 is 14.2. The summed E-state index contributed by atoms with van der Waals surface area (Å²) in [6.45, 7) is 0.0999. The first-order valence-corrected chi connectivity index (χ1v) is 7.18. The highest BCUT2D eigenvalue weighted by molar-refractivity contribution is 5.81. The zero-order valence-electron chi connectivity index (χ0n) is 13.2. The molecule has 1 N–H and O–H groups in total. The summed E-state index contributed by atoms with van der Waals surface area (Å²) in [7, 11) is 2.52. The molecule has 0 radical (unpaired) electrons. The Morgan fingerprint density at radius 2 is 1.78 bits per heavy atom. The minimum Gasteiger partial charge on any atom is -0.469 e. The lowest BCUT2D eigenvalue weighted by Crippen LogP contribution is -2.41. The van der Waals surface area contributed by atoms with Gasteiger partial charge < -0.3 is 19.5 Å². The van der Waals surface area contributed by atoms with E-state index in [4.69, 9.17) is 4.74 Å². The largest absolute Gasteiger partial charge is 0.469 e. The molecule has 1 aromatic rings. The van der Waals surface area contributed by atoms with Crippen LogP contribution in [0.25, 0.3) is 0 Å². The van der Waals surface area contributed by atoms with Crippen LogP contribution in [-0.4, -0.2) is 38.3 Å². The second kappa shape index (κ2) is 10.2. The Labute approximate surface area is 134 Å². The van der Waals surface area contributed by atoms with Crippen molar-refractivity contribution in [1.29, 1.82) is 0 Å². The summed E-state index contributed by atoms with van der Waals surface area (Å²) in [4.78, 5) is 34.5. The second-order valence-electron chi connectivity index (χ2n) is 4.75. The third-order valence-electron chi connectivity index (χ3n) is 3.09. The molecule has 7 nitrogen and oxygen atoms in total. The SMILES string of the molecule is COC(=O)CCCC(NC(=O)OCc1ccccc1)C(=O)OC. The maximum atomic E-state index is 11.8. The Kier molecular flexibility index (Phi) is 8.20. The smallest absolute Gasteiger partial charge is 0.408 e. The predicted molar refractivity (Wildman–Crippen MR) is 81.4 cm³/mol. The molecule has 0 aliphatic rings. The summed E-state index contributed by atoms with van der Waals surface area (Å²) in [6, 6.07) is 8.30. The fourth-order valence-electron chi connectivity index (χ4n) is 1.85. The Hall–Kier alpha value is -2.57. The number of esters is 2. The molecule has 0 fully saturated rings. The summed E-state index contributed by atoms with van der Waals surface area (Å²) in [5, 5.41) is 2.44. The molecular formula is C16H21NO6. The molecular weight excluding hydrogens is 302 g/mol. The molecule has 0 heterocycles. The maximum Gasteiger partial charge on any atom is 0.408 e. The van der Waals surface area contributed by atoms with Crippen molar-refractivity contribution in [3.63, 3.8) is 0 Å². The Morgan fingerprint density at radius 3 is 2.39 bits per heavy atom. The van der Waals surface area contributed by atoms with Crippen molar-refractivity contribution in [2.75, 3.05) is 14.2 Å². The van der Waals surface area contributed by atoms with Crippen LogP contribution in [0.4, 0.5) is 4.79 Å². The highest BCUT2D eigenvalue weighted by Gasteiger charge is 2.22. The molecule has 23 heavy (non-hydrogen) atoms. The van der Waals surface area contributed by atoms with Crippen LogP contribution in [0.15, 0.2) is 30.3 Å². The van der Waals surface area contributed by atoms with Crippen molar-refractivity contribution in [3.8, 4) is 0 Å². The highest BCUT2D eigenvalue weighted by atomic mass is 16.6. The van der Waals surface area contributed by atoms with Crippen LogP contribution in [0, 0.1) is 0 Å². The molecule has 0 spiro atoms. The number of carbonyl (C=O) groups excluding carboxylic acids is 3. The number of methoxy groups -OCH3 is 2. The van der Waals surface area contributed by atoms with Crippen LogP contribution in [0.5, 0.6) is 0 Å².